The summed E-state index contributed by atoms with van der Waals surface area (Å²) in [6.45, 7) is 6.24. The van der Waals surface area contributed by atoms with Crippen molar-refractivity contribution in [2.75, 3.05) is 6.61 Å². The molecule has 0 bridgehead atoms. The molecule has 0 aliphatic rings. The van der Waals surface area contributed by atoms with Gasteiger partial charge in [-0.3, -0.25) is 9.48 Å². The van der Waals surface area contributed by atoms with Gasteiger partial charge in [-0.15, -0.1) is 0 Å². The Kier molecular flexibility index (Phi) is 5.90. The summed E-state index contributed by atoms with van der Waals surface area (Å²) in [6, 6.07) is 13.8. The first-order valence-corrected chi connectivity index (χ1v) is 10.6. The van der Waals surface area contributed by atoms with E-state index in [2.05, 4.69) is 26.8 Å². The molecule has 0 aliphatic carbocycles. The van der Waals surface area contributed by atoms with Crippen LogP contribution in [0.5, 0.6) is 0 Å². The van der Waals surface area contributed by atoms with E-state index in [1.165, 1.54) is 11.8 Å². The van der Waals surface area contributed by atoms with Crippen molar-refractivity contribution in [3.05, 3.63) is 82.4 Å². The van der Waals surface area contributed by atoms with Crippen molar-refractivity contribution in [2.45, 2.75) is 33.7 Å². The fourth-order valence-electron chi connectivity index (χ4n) is 4.02. The maximum Gasteiger partial charge on any atom is 0.340 e. The topological polar surface area (TPSA) is 79.0 Å². The molecule has 0 unspecified atom stereocenters. The number of fused-ring (bicyclic) bond motifs is 1. The lowest BCUT2D eigenvalue weighted by Crippen LogP contribution is -2.15. The molecule has 3 aromatic heterocycles. The highest BCUT2D eigenvalue weighted by Crippen LogP contribution is 2.19. The highest BCUT2D eigenvalue weighted by Gasteiger charge is 2.19. The molecule has 0 aliphatic heterocycles. The van der Waals surface area contributed by atoms with Gasteiger partial charge in [-0.05, 0) is 44.9 Å². The zero-order chi connectivity index (χ0) is 22.8. The van der Waals surface area contributed by atoms with Gasteiger partial charge in [0.05, 0.1) is 11.3 Å². The number of esters is 1. The van der Waals surface area contributed by atoms with Crippen LogP contribution in [0.1, 0.15) is 43.4 Å². The van der Waals surface area contributed by atoms with E-state index in [9.17, 15) is 9.59 Å². The second kappa shape index (κ2) is 8.78. The van der Waals surface area contributed by atoms with Gasteiger partial charge in [-0.2, -0.15) is 5.10 Å². The molecule has 0 amide bonds. The SMILES string of the molecule is Cc1nn(C)c2ncc(C(=O)OCC(=O)c3cc(C)n(CCc4ccccc4)c3C)cc12. The molecule has 7 heteroatoms. The minimum absolute atomic E-state index is 0.219. The van der Waals surface area contributed by atoms with E-state index in [1.807, 2.05) is 45.0 Å². The van der Waals surface area contributed by atoms with Gasteiger partial charge in [0, 0.05) is 42.1 Å². The highest BCUT2D eigenvalue weighted by molar-refractivity contribution is 6.01. The van der Waals surface area contributed by atoms with Gasteiger partial charge in [0.15, 0.2) is 12.3 Å². The molecule has 7 nitrogen and oxygen atoms in total. The van der Waals surface area contributed by atoms with E-state index in [4.69, 9.17) is 4.74 Å². The fraction of sp³-hybridized carbons (Fsp3) is 0.280. The Morgan fingerprint density at radius 3 is 2.56 bits per heavy atom. The maximum atomic E-state index is 12.8. The van der Waals surface area contributed by atoms with Gasteiger partial charge in [0.2, 0.25) is 5.78 Å². The molecule has 164 valence electrons. The monoisotopic (exact) mass is 430 g/mol. The Labute approximate surface area is 186 Å². The van der Waals surface area contributed by atoms with Gasteiger partial charge in [-0.1, -0.05) is 30.3 Å². The van der Waals surface area contributed by atoms with E-state index in [-0.39, 0.29) is 12.4 Å². The molecular weight excluding hydrogens is 404 g/mol. The smallest absolute Gasteiger partial charge is 0.340 e. The fourth-order valence-corrected chi connectivity index (χ4v) is 4.02. The third-order valence-electron chi connectivity index (χ3n) is 5.77. The van der Waals surface area contributed by atoms with Crippen molar-refractivity contribution in [1.29, 1.82) is 0 Å². The lowest BCUT2D eigenvalue weighted by Gasteiger charge is -2.10. The van der Waals surface area contributed by atoms with Crippen molar-refractivity contribution < 1.29 is 14.3 Å². The van der Waals surface area contributed by atoms with Crippen LogP contribution < -0.4 is 0 Å². The number of aromatic nitrogens is 4. The predicted octanol–water partition coefficient (Wildman–Crippen LogP) is 3.98. The third-order valence-corrected chi connectivity index (χ3v) is 5.77. The average molecular weight is 431 g/mol. The minimum atomic E-state index is -0.575. The average Bonchev–Trinajstić information content (AvgIpc) is 3.25. The number of ketones is 1. The minimum Gasteiger partial charge on any atom is -0.454 e. The number of pyridine rings is 1. The molecule has 4 aromatic rings. The van der Waals surface area contributed by atoms with E-state index in [0.29, 0.717) is 16.8 Å². The number of nitrogens with zero attached hydrogens (tertiary/aromatic N) is 4. The van der Waals surface area contributed by atoms with E-state index < -0.39 is 5.97 Å². The quantitative estimate of drug-likeness (QED) is 0.327. The molecule has 32 heavy (non-hydrogen) atoms. The van der Waals surface area contributed by atoms with Gasteiger partial charge in [0.1, 0.15) is 0 Å². The molecule has 4 rings (SSSR count). The number of aryl methyl sites for hydroxylation is 4. The van der Waals surface area contributed by atoms with Crippen molar-refractivity contribution in [3.8, 4) is 0 Å². The van der Waals surface area contributed by atoms with Crippen LogP contribution in [-0.4, -0.2) is 37.7 Å². The summed E-state index contributed by atoms with van der Waals surface area (Å²) in [5.74, 6) is -0.794. The third kappa shape index (κ3) is 4.19. The Bertz CT molecular complexity index is 1300. The molecule has 0 spiro atoms. The number of benzene rings is 1. The molecule has 0 atom stereocenters. The van der Waals surface area contributed by atoms with Crippen LogP contribution in [0.3, 0.4) is 0 Å². The first-order valence-electron chi connectivity index (χ1n) is 10.6. The normalized spacial score (nSPS) is 11.1. The number of carbonyl (C=O) groups is 2. The lowest BCUT2D eigenvalue weighted by atomic mass is 10.1. The number of hydrogen-bond donors (Lipinski definition) is 0. The maximum absolute atomic E-state index is 12.8. The molecule has 0 radical (unpaired) electrons. The van der Waals surface area contributed by atoms with Crippen molar-refractivity contribution in [1.82, 2.24) is 19.3 Å². The highest BCUT2D eigenvalue weighted by atomic mass is 16.5. The van der Waals surface area contributed by atoms with Gasteiger partial charge in [0.25, 0.3) is 0 Å². The largest absolute Gasteiger partial charge is 0.454 e. The van der Waals surface area contributed by atoms with Gasteiger partial charge < -0.3 is 9.30 Å². The molecule has 3 heterocycles. The van der Waals surface area contributed by atoms with Crippen molar-refractivity contribution in [2.24, 2.45) is 7.05 Å². The van der Waals surface area contributed by atoms with Crippen LogP contribution in [0.4, 0.5) is 0 Å². The first kappa shape index (κ1) is 21.5. The van der Waals surface area contributed by atoms with E-state index >= 15 is 0 Å². The summed E-state index contributed by atoms with van der Waals surface area (Å²) >= 11 is 0. The summed E-state index contributed by atoms with van der Waals surface area (Å²) in [6.07, 6.45) is 2.33. The molecular formula is C25H26N4O3. The van der Waals surface area contributed by atoms with E-state index in [0.717, 1.165) is 35.4 Å². The van der Waals surface area contributed by atoms with Crippen molar-refractivity contribution in [3.63, 3.8) is 0 Å². The van der Waals surface area contributed by atoms with Crippen molar-refractivity contribution >= 4 is 22.8 Å². The van der Waals surface area contributed by atoms with Crippen LogP contribution in [-0.2, 0) is 24.8 Å². The Morgan fingerprint density at radius 1 is 1.06 bits per heavy atom. The molecule has 0 saturated heterocycles. The Hall–Kier alpha value is -3.74. The summed E-state index contributed by atoms with van der Waals surface area (Å²) < 4.78 is 9.10. The van der Waals surface area contributed by atoms with Gasteiger partial charge in [-0.25, -0.2) is 9.78 Å². The van der Waals surface area contributed by atoms with Crippen LogP contribution in [0.15, 0.2) is 48.7 Å². The first-order chi connectivity index (χ1) is 15.3. The Morgan fingerprint density at radius 2 is 1.81 bits per heavy atom. The molecule has 0 fully saturated rings. The van der Waals surface area contributed by atoms with Gasteiger partial charge >= 0.3 is 5.97 Å². The predicted molar refractivity (Wildman–Crippen MR) is 122 cm³/mol. The second-order valence-electron chi connectivity index (χ2n) is 7.98. The van der Waals surface area contributed by atoms with Crippen LogP contribution >= 0.6 is 0 Å². The van der Waals surface area contributed by atoms with Crippen LogP contribution in [0.25, 0.3) is 11.0 Å². The van der Waals surface area contributed by atoms with Crippen LogP contribution in [0, 0.1) is 20.8 Å². The number of hydrogen-bond acceptors (Lipinski definition) is 5. The number of Topliss-reactive ketones (excluding diaryl/α,β-unsaturated/α-hetero) is 1. The zero-order valence-electron chi connectivity index (χ0n) is 18.8. The molecule has 0 saturated carbocycles. The summed E-state index contributed by atoms with van der Waals surface area (Å²) in [4.78, 5) is 29.6. The number of carbonyl (C=O) groups excluding carboxylic acids is 2. The van der Waals surface area contributed by atoms with Crippen LogP contribution in [0.2, 0.25) is 0 Å². The lowest BCUT2D eigenvalue weighted by molar-refractivity contribution is 0.0474. The zero-order valence-corrected chi connectivity index (χ0v) is 18.8. The second-order valence-corrected chi connectivity index (χ2v) is 7.98. The molecule has 0 N–H and O–H groups in total. The van der Waals surface area contributed by atoms with E-state index in [1.54, 1.807) is 17.8 Å². The number of ether oxygens (including phenoxy) is 1. The summed E-state index contributed by atoms with van der Waals surface area (Å²) in [5.41, 5.74) is 5.50. The summed E-state index contributed by atoms with van der Waals surface area (Å²) in [7, 11) is 1.80. The summed E-state index contributed by atoms with van der Waals surface area (Å²) in [5, 5.41) is 5.09. The number of rotatable bonds is 7. The molecule has 1 aromatic carbocycles. The standard InChI is InChI=1S/C25H26N4O3/c1-16-12-22(18(3)29(16)11-10-19-8-6-5-7-9-19)23(30)15-32-25(31)20-13-21-17(2)27-28(4)24(21)26-14-20/h5-9,12-14H,10-11,15H2,1-4H3. The Balaban J connectivity index is 1.43.